The van der Waals surface area contributed by atoms with Gasteiger partial charge in [0.15, 0.2) is 0 Å². The van der Waals surface area contributed by atoms with Crippen LogP contribution in [0.25, 0.3) is 0 Å². The highest BCUT2D eigenvalue weighted by Gasteiger charge is 2.05. The maximum absolute atomic E-state index is 10.4. The van der Waals surface area contributed by atoms with Crippen LogP contribution in [0.4, 0.5) is 0 Å². The van der Waals surface area contributed by atoms with E-state index in [9.17, 15) is 4.79 Å². The molecule has 0 aliphatic rings. The van der Waals surface area contributed by atoms with Crippen LogP contribution in [0.1, 0.15) is 19.3 Å². The van der Waals surface area contributed by atoms with Crippen LogP contribution < -0.4 is 0 Å². The molecule has 0 saturated carbocycles. The van der Waals surface area contributed by atoms with Gasteiger partial charge in [0, 0.05) is 40.3 Å². The molecule has 0 aromatic heterocycles. The molecule has 0 atom stereocenters. The fourth-order valence-electron chi connectivity index (χ4n) is 1.44. The van der Waals surface area contributed by atoms with Crippen LogP contribution in [0, 0.1) is 0 Å². The summed E-state index contributed by atoms with van der Waals surface area (Å²) in [6, 6.07) is 0. The minimum atomic E-state index is -0.733. The maximum Gasteiger partial charge on any atom is 0.303 e. The maximum atomic E-state index is 10.4. The van der Waals surface area contributed by atoms with Gasteiger partial charge in [-0.3, -0.25) is 4.79 Å². The van der Waals surface area contributed by atoms with E-state index >= 15 is 0 Å². The molecule has 0 radical (unpaired) electrons. The molecule has 0 aliphatic carbocycles. The molecule has 96 valence electrons. The number of aliphatic carboxylic acids is 1. The van der Waals surface area contributed by atoms with Gasteiger partial charge >= 0.3 is 5.97 Å². The first kappa shape index (κ1) is 15.3. The van der Waals surface area contributed by atoms with E-state index in [0.29, 0.717) is 13.0 Å². The first-order valence-corrected chi connectivity index (χ1v) is 5.62. The Balaban J connectivity index is 3.66. The summed E-state index contributed by atoms with van der Waals surface area (Å²) in [7, 11) is 3.36. The Morgan fingerprint density at radius 2 is 1.69 bits per heavy atom. The van der Waals surface area contributed by atoms with E-state index in [2.05, 4.69) is 4.90 Å². The van der Waals surface area contributed by atoms with Crippen molar-refractivity contribution in [1.82, 2.24) is 4.90 Å². The van der Waals surface area contributed by atoms with Crippen molar-refractivity contribution in [2.45, 2.75) is 19.3 Å². The largest absolute Gasteiger partial charge is 0.481 e. The number of hydrogen-bond donors (Lipinski definition) is 1. The molecule has 0 aromatic rings. The second-order valence-electron chi connectivity index (χ2n) is 3.68. The summed E-state index contributed by atoms with van der Waals surface area (Å²) in [5, 5.41) is 8.55. The zero-order valence-corrected chi connectivity index (χ0v) is 10.3. The number of carboxylic acids is 1. The van der Waals surface area contributed by atoms with Gasteiger partial charge in [-0.15, -0.1) is 0 Å². The molecular formula is C11H23NO4. The lowest BCUT2D eigenvalue weighted by Gasteiger charge is -2.21. The molecule has 0 saturated heterocycles. The fraction of sp³-hybridized carbons (Fsp3) is 0.909. The first-order chi connectivity index (χ1) is 7.70. The first-order valence-electron chi connectivity index (χ1n) is 5.62. The summed E-state index contributed by atoms with van der Waals surface area (Å²) in [5.74, 6) is -0.733. The molecule has 16 heavy (non-hydrogen) atoms. The van der Waals surface area contributed by atoms with E-state index in [0.717, 1.165) is 32.7 Å². The summed E-state index contributed by atoms with van der Waals surface area (Å²) in [5.41, 5.74) is 0. The minimum absolute atomic E-state index is 0.230. The van der Waals surface area contributed by atoms with Crippen molar-refractivity contribution in [1.29, 1.82) is 0 Å². The number of carboxylic acid groups (broad SMARTS) is 1. The van der Waals surface area contributed by atoms with E-state index in [4.69, 9.17) is 14.6 Å². The predicted octanol–water partition coefficient (Wildman–Crippen LogP) is 0.836. The summed E-state index contributed by atoms with van der Waals surface area (Å²) in [6.45, 7) is 4.00. The van der Waals surface area contributed by atoms with E-state index in [1.807, 2.05) is 0 Å². The third-order valence-electron chi connectivity index (χ3n) is 2.30. The minimum Gasteiger partial charge on any atom is -0.481 e. The van der Waals surface area contributed by atoms with Gasteiger partial charge in [-0.1, -0.05) is 0 Å². The van der Waals surface area contributed by atoms with Crippen molar-refractivity contribution >= 4 is 5.97 Å². The molecule has 0 fully saturated rings. The van der Waals surface area contributed by atoms with E-state index in [1.165, 1.54) is 0 Å². The second-order valence-corrected chi connectivity index (χ2v) is 3.68. The van der Waals surface area contributed by atoms with Crippen LogP contribution in [0.2, 0.25) is 0 Å². The van der Waals surface area contributed by atoms with Gasteiger partial charge in [0.25, 0.3) is 0 Å². The molecule has 0 spiro atoms. The molecule has 0 heterocycles. The summed E-state index contributed by atoms with van der Waals surface area (Å²) in [4.78, 5) is 12.6. The van der Waals surface area contributed by atoms with Gasteiger partial charge in [0.2, 0.25) is 0 Å². The smallest absolute Gasteiger partial charge is 0.303 e. The highest BCUT2D eigenvalue weighted by Crippen LogP contribution is 1.98. The molecule has 5 nitrogen and oxygen atoms in total. The SMILES string of the molecule is COCCCN(CCCC(=O)O)CCOC. The van der Waals surface area contributed by atoms with Crippen molar-refractivity contribution in [3.8, 4) is 0 Å². The topological polar surface area (TPSA) is 59.0 Å². The Hall–Kier alpha value is -0.650. The van der Waals surface area contributed by atoms with Crippen LogP contribution in [-0.2, 0) is 14.3 Å². The number of methoxy groups -OCH3 is 2. The molecule has 1 N–H and O–H groups in total. The van der Waals surface area contributed by atoms with Gasteiger partial charge in [-0.2, -0.15) is 0 Å². The third kappa shape index (κ3) is 9.89. The average Bonchev–Trinajstić information content (AvgIpc) is 2.25. The fourth-order valence-corrected chi connectivity index (χ4v) is 1.44. The van der Waals surface area contributed by atoms with Crippen LogP contribution in [0.3, 0.4) is 0 Å². The molecule has 0 rings (SSSR count). The van der Waals surface area contributed by atoms with Gasteiger partial charge < -0.3 is 19.5 Å². The van der Waals surface area contributed by atoms with Crippen LogP contribution in [-0.4, -0.2) is 63.0 Å². The lowest BCUT2D eigenvalue weighted by atomic mass is 10.3. The van der Waals surface area contributed by atoms with Crippen molar-refractivity contribution in [3.05, 3.63) is 0 Å². The zero-order valence-electron chi connectivity index (χ0n) is 10.3. The molecule has 0 bridgehead atoms. The number of carbonyl (C=O) groups is 1. The Morgan fingerprint density at radius 3 is 2.25 bits per heavy atom. The quantitative estimate of drug-likeness (QED) is 0.536. The highest BCUT2D eigenvalue weighted by atomic mass is 16.5. The molecule has 5 heteroatoms. The van der Waals surface area contributed by atoms with Gasteiger partial charge in [0.1, 0.15) is 0 Å². The summed E-state index contributed by atoms with van der Waals surface area (Å²) >= 11 is 0. The van der Waals surface area contributed by atoms with Crippen molar-refractivity contribution in [2.75, 3.05) is 47.1 Å². The Morgan fingerprint density at radius 1 is 1.06 bits per heavy atom. The average molecular weight is 233 g/mol. The van der Waals surface area contributed by atoms with Crippen molar-refractivity contribution in [3.63, 3.8) is 0 Å². The van der Waals surface area contributed by atoms with Crippen molar-refractivity contribution < 1.29 is 19.4 Å². The number of nitrogens with zero attached hydrogens (tertiary/aromatic N) is 1. The monoisotopic (exact) mass is 233 g/mol. The number of hydrogen-bond acceptors (Lipinski definition) is 4. The second kappa shape index (κ2) is 10.9. The van der Waals surface area contributed by atoms with Crippen molar-refractivity contribution in [2.24, 2.45) is 0 Å². The molecule has 0 aliphatic heterocycles. The Bertz CT molecular complexity index is 175. The number of rotatable bonds is 11. The van der Waals surface area contributed by atoms with Gasteiger partial charge in [-0.25, -0.2) is 0 Å². The van der Waals surface area contributed by atoms with Gasteiger partial charge in [-0.05, 0) is 19.4 Å². The lowest BCUT2D eigenvalue weighted by Crippen LogP contribution is -2.30. The summed E-state index contributed by atoms with van der Waals surface area (Å²) < 4.78 is 10.0. The Labute approximate surface area is 97.3 Å². The standard InChI is InChI=1S/C11H23NO4/c1-15-9-4-7-12(8-10-16-2)6-3-5-11(13)14/h3-10H2,1-2H3,(H,13,14). The van der Waals surface area contributed by atoms with E-state index in [-0.39, 0.29) is 6.42 Å². The van der Waals surface area contributed by atoms with E-state index in [1.54, 1.807) is 14.2 Å². The Kier molecular flexibility index (Phi) is 10.4. The molecular weight excluding hydrogens is 210 g/mol. The predicted molar refractivity (Wildman–Crippen MR) is 61.7 cm³/mol. The summed E-state index contributed by atoms with van der Waals surface area (Å²) in [6.07, 6.45) is 1.88. The lowest BCUT2D eigenvalue weighted by molar-refractivity contribution is -0.137. The normalized spacial score (nSPS) is 10.9. The third-order valence-corrected chi connectivity index (χ3v) is 2.30. The molecule has 0 amide bonds. The van der Waals surface area contributed by atoms with E-state index < -0.39 is 5.97 Å². The molecule has 0 unspecified atom stereocenters. The molecule has 0 aromatic carbocycles. The highest BCUT2D eigenvalue weighted by molar-refractivity contribution is 5.66. The van der Waals surface area contributed by atoms with Crippen LogP contribution >= 0.6 is 0 Å². The van der Waals surface area contributed by atoms with Gasteiger partial charge in [0.05, 0.1) is 6.61 Å². The zero-order chi connectivity index (χ0) is 12.2. The van der Waals surface area contributed by atoms with Crippen LogP contribution in [0.15, 0.2) is 0 Å². The number of ether oxygens (including phenoxy) is 2. The van der Waals surface area contributed by atoms with Crippen LogP contribution in [0.5, 0.6) is 0 Å².